The smallest absolute Gasteiger partial charge is 0.256 e. The molecule has 0 aliphatic carbocycles. The molecule has 3 aromatic rings. The molecule has 1 amide bonds. The van der Waals surface area contributed by atoms with Crippen molar-refractivity contribution in [3.05, 3.63) is 36.2 Å². The lowest BCUT2D eigenvalue weighted by Gasteiger charge is -2.24. The number of amides is 1. The summed E-state index contributed by atoms with van der Waals surface area (Å²) in [5.74, 6) is 0.503. The number of anilines is 3. The fraction of sp³-hybridized carbons (Fsp3) is 0.348. The molecule has 2 unspecified atom stereocenters. The minimum Gasteiger partial charge on any atom is -0.497 e. The summed E-state index contributed by atoms with van der Waals surface area (Å²) >= 11 is 0. The molecule has 182 valence electrons. The van der Waals surface area contributed by atoms with Gasteiger partial charge in [0.15, 0.2) is 17.2 Å². The first-order valence-corrected chi connectivity index (χ1v) is 11.0. The van der Waals surface area contributed by atoms with Gasteiger partial charge in [0, 0.05) is 42.8 Å². The van der Waals surface area contributed by atoms with E-state index in [2.05, 4.69) is 25.9 Å². The second kappa shape index (κ2) is 10.3. The van der Waals surface area contributed by atoms with Crippen molar-refractivity contribution >= 4 is 34.8 Å². The molecule has 0 bridgehead atoms. The van der Waals surface area contributed by atoms with Gasteiger partial charge in [-0.05, 0) is 18.9 Å². The van der Waals surface area contributed by atoms with Gasteiger partial charge in [-0.25, -0.2) is 4.98 Å². The molecule has 1 aliphatic rings. The van der Waals surface area contributed by atoms with Gasteiger partial charge < -0.3 is 31.2 Å². The Morgan fingerprint density at radius 1 is 1.31 bits per heavy atom. The Labute approximate surface area is 201 Å². The first kappa shape index (κ1) is 23.8. The number of ether oxygens (including phenoxy) is 2. The van der Waals surface area contributed by atoms with Crippen molar-refractivity contribution in [3.63, 3.8) is 0 Å². The van der Waals surface area contributed by atoms with Crippen LogP contribution in [0.4, 0.5) is 17.5 Å². The van der Waals surface area contributed by atoms with Gasteiger partial charge >= 0.3 is 0 Å². The van der Waals surface area contributed by atoms with Crippen molar-refractivity contribution in [1.82, 2.24) is 19.7 Å². The lowest BCUT2D eigenvalue weighted by atomic mass is 9.94. The van der Waals surface area contributed by atoms with Crippen LogP contribution in [0.25, 0.3) is 5.65 Å². The third-order valence-electron chi connectivity index (χ3n) is 5.86. The van der Waals surface area contributed by atoms with Crippen molar-refractivity contribution < 1.29 is 19.1 Å². The number of nitrogens with two attached hydrogens (primary N) is 1. The molecular weight excluding hydrogens is 452 g/mol. The number of carbonyl (C=O) groups is 2. The van der Waals surface area contributed by atoms with E-state index in [0.29, 0.717) is 23.7 Å². The lowest BCUT2D eigenvalue weighted by Crippen LogP contribution is -2.39. The number of Topliss-reactive ketones (excluding diaryl/α,β-unsaturated/α-hetero) is 1. The number of nitriles is 1. The van der Waals surface area contributed by atoms with Crippen LogP contribution in [-0.2, 0) is 4.79 Å². The fourth-order valence-corrected chi connectivity index (χ4v) is 4.17. The highest BCUT2D eigenvalue weighted by Gasteiger charge is 2.32. The van der Waals surface area contributed by atoms with Crippen LogP contribution in [-0.4, -0.2) is 59.4 Å². The van der Waals surface area contributed by atoms with Gasteiger partial charge in [-0.15, -0.1) is 0 Å². The number of imidazole rings is 1. The molecule has 12 heteroatoms. The van der Waals surface area contributed by atoms with Crippen molar-refractivity contribution in [3.8, 4) is 17.6 Å². The quantitative estimate of drug-likeness (QED) is 0.335. The zero-order valence-corrected chi connectivity index (χ0v) is 19.4. The van der Waals surface area contributed by atoms with Crippen LogP contribution in [0.5, 0.6) is 11.5 Å². The molecule has 1 aliphatic heterocycles. The monoisotopic (exact) mass is 478 g/mol. The van der Waals surface area contributed by atoms with E-state index in [9.17, 15) is 9.59 Å². The number of hydrogen-bond acceptors (Lipinski definition) is 10. The summed E-state index contributed by atoms with van der Waals surface area (Å²) in [4.78, 5) is 34.2. The van der Waals surface area contributed by atoms with Crippen molar-refractivity contribution in [2.45, 2.75) is 18.9 Å². The van der Waals surface area contributed by atoms with Crippen LogP contribution < -0.4 is 31.2 Å². The first-order chi connectivity index (χ1) is 16.9. The summed E-state index contributed by atoms with van der Waals surface area (Å²) in [6, 6.07) is 6.41. The summed E-state index contributed by atoms with van der Waals surface area (Å²) in [5.41, 5.74) is 6.58. The SMILES string of the molecule is COc1cc(Nc2nc(NC(C(=O)CC#N)C3CCNC3)n3ccnc3c2C(N)=O)cc(OC)c1. The van der Waals surface area contributed by atoms with E-state index >= 15 is 0 Å². The third kappa shape index (κ3) is 4.95. The normalized spacial score (nSPS) is 15.9. The summed E-state index contributed by atoms with van der Waals surface area (Å²) in [6.07, 6.45) is 3.68. The highest BCUT2D eigenvalue weighted by molar-refractivity contribution is 6.04. The van der Waals surface area contributed by atoms with E-state index in [-0.39, 0.29) is 41.1 Å². The average molecular weight is 479 g/mol. The van der Waals surface area contributed by atoms with E-state index < -0.39 is 11.9 Å². The number of nitrogens with one attached hydrogen (secondary N) is 3. The molecule has 5 N–H and O–H groups in total. The van der Waals surface area contributed by atoms with E-state index in [1.165, 1.54) is 20.4 Å². The largest absolute Gasteiger partial charge is 0.497 e. The Morgan fingerprint density at radius 3 is 2.66 bits per heavy atom. The van der Waals surface area contributed by atoms with Gasteiger partial charge in [-0.1, -0.05) is 0 Å². The predicted octanol–water partition coefficient (Wildman–Crippen LogP) is 1.46. The van der Waals surface area contributed by atoms with E-state index in [1.54, 1.807) is 28.8 Å². The molecule has 1 aromatic carbocycles. The molecule has 0 spiro atoms. The second-order valence-corrected chi connectivity index (χ2v) is 8.05. The Bertz CT molecular complexity index is 1270. The maximum atomic E-state index is 12.8. The van der Waals surface area contributed by atoms with Crippen LogP contribution in [0, 0.1) is 17.2 Å². The number of nitrogens with zero attached hydrogens (tertiary/aromatic N) is 4. The molecule has 1 fully saturated rings. The zero-order valence-electron chi connectivity index (χ0n) is 19.4. The first-order valence-electron chi connectivity index (χ1n) is 11.0. The maximum absolute atomic E-state index is 12.8. The molecule has 0 radical (unpaired) electrons. The second-order valence-electron chi connectivity index (χ2n) is 8.05. The van der Waals surface area contributed by atoms with E-state index in [1.807, 2.05) is 6.07 Å². The van der Waals surface area contributed by atoms with Crippen LogP contribution >= 0.6 is 0 Å². The van der Waals surface area contributed by atoms with E-state index in [4.69, 9.17) is 20.5 Å². The number of rotatable bonds is 10. The average Bonchev–Trinajstić information content (AvgIpc) is 3.54. The lowest BCUT2D eigenvalue weighted by molar-refractivity contribution is -0.119. The summed E-state index contributed by atoms with van der Waals surface area (Å²) in [5, 5.41) is 18.7. The van der Waals surface area contributed by atoms with Gasteiger partial charge in [0.1, 0.15) is 17.1 Å². The number of hydrogen-bond donors (Lipinski definition) is 4. The standard InChI is InChI=1S/C23H26N8O4/c1-34-15-9-14(10-16(11-15)35-2)28-21-18(20(25)33)22-27-7-8-31(22)23(30-21)29-19(17(32)3-5-24)13-4-6-26-12-13/h7-11,13,19,26,28H,3-4,6,12H2,1-2H3,(H2,25,33)(H,29,30). The molecule has 12 nitrogen and oxygen atoms in total. The highest BCUT2D eigenvalue weighted by Crippen LogP contribution is 2.31. The van der Waals surface area contributed by atoms with Gasteiger partial charge in [0.25, 0.3) is 5.91 Å². The van der Waals surface area contributed by atoms with E-state index in [0.717, 1.165) is 13.0 Å². The number of aromatic nitrogens is 3. The number of fused-ring (bicyclic) bond motifs is 1. The Balaban J connectivity index is 1.80. The molecule has 2 atom stereocenters. The summed E-state index contributed by atoms with van der Waals surface area (Å²) in [6.45, 7) is 1.41. The molecule has 0 saturated carbocycles. The van der Waals surface area contributed by atoms with Crippen molar-refractivity contribution in [2.24, 2.45) is 11.7 Å². The minimum atomic E-state index is -0.727. The predicted molar refractivity (Wildman–Crippen MR) is 128 cm³/mol. The van der Waals surface area contributed by atoms with Gasteiger partial charge in [0.05, 0.1) is 32.8 Å². The molecular formula is C23H26N8O4. The number of methoxy groups -OCH3 is 2. The number of benzene rings is 1. The fourth-order valence-electron chi connectivity index (χ4n) is 4.17. The van der Waals surface area contributed by atoms with Crippen molar-refractivity contribution in [2.75, 3.05) is 37.9 Å². The highest BCUT2D eigenvalue weighted by atomic mass is 16.5. The Hall–Kier alpha value is -4.37. The molecule has 1 saturated heterocycles. The summed E-state index contributed by atoms with van der Waals surface area (Å²) < 4.78 is 12.2. The maximum Gasteiger partial charge on any atom is 0.256 e. The number of carbonyl (C=O) groups excluding carboxylic acids is 2. The molecule has 4 rings (SSSR count). The Morgan fingerprint density at radius 2 is 2.06 bits per heavy atom. The third-order valence-corrected chi connectivity index (χ3v) is 5.86. The van der Waals surface area contributed by atoms with Crippen LogP contribution in [0.2, 0.25) is 0 Å². The zero-order chi connectivity index (χ0) is 24.9. The molecule has 2 aromatic heterocycles. The molecule has 3 heterocycles. The van der Waals surface area contributed by atoms with Gasteiger partial charge in [0.2, 0.25) is 5.95 Å². The van der Waals surface area contributed by atoms with Gasteiger partial charge in [-0.3, -0.25) is 14.0 Å². The molecule has 35 heavy (non-hydrogen) atoms. The van der Waals surface area contributed by atoms with Crippen LogP contribution in [0.1, 0.15) is 23.2 Å². The summed E-state index contributed by atoms with van der Waals surface area (Å²) in [7, 11) is 3.06. The topological polar surface area (TPSA) is 169 Å². The Kier molecular flexibility index (Phi) is 6.98. The number of ketones is 1. The van der Waals surface area contributed by atoms with Crippen molar-refractivity contribution in [1.29, 1.82) is 5.26 Å². The number of primary amides is 1. The van der Waals surface area contributed by atoms with Gasteiger partial charge in [-0.2, -0.15) is 10.2 Å². The minimum absolute atomic E-state index is 0.0221. The van der Waals surface area contributed by atoms with Crippen LogP contribution in [0.3, 0.4) is 0 Å². The van der Waals surface area contributed by atoms with Crippen LogP contribution in [0.15, 0.2) is 30.6 Å².